The lowest BCUT2D eigenvalue weighted by Crippen LogP contribution is -2.37. The normalized spacial score (nSPS) is 17.4. The smallest absolute Gasteiger partial charge is 0.337 e. The molecule has 1 fully saturated rings. The Balaban J connectivity index is 1.19. The van der Waals surface area contributed by atoms with Crippen molar-refractivity contribution < 1.29 is 9.53 Å². The first-order valence-electron chi connectivity index (χ1n) is 11.0. The molecule has 1 aliphatic carbocycles. The molecule has 3 heterocycles. The molecule has 0 unspecified atom stereocenters. The number of nitrogens with one attached hydrogen (secondary N) is 1. The van der Waals surface area contributed by atoms with Gasteiger partial charge in [-0.05, 0) is 31.0 Å². The van der Waals surface area contributed by atoms with Crippen molar-refractivity contribution in [1.29, 1.82) is 0 Å². The molecule has 0 radical (unpaired) electrons. The Morgan fingerprint density at radius 3 is 2.68 bits per heavy atom. The highest BCUT2D eigenvalue weighted by molar-refractivity contribution is 5.91. The van der Waals surface area contributed by atoms with E-state index < -0.39 is 0 Å². The van der Waals surface area contributed by atoms with Crippen LogP contribution in [-0.2, 0) is 4.74 Å². The lowest BCUT2D eigenvalue weighted by atomic mass is 9.86. The number of carbonyl (C=O) groups is 1. The van der Waals surface area contributed by atoms with Crippen molar-refractivity contribution in [3.05, 3.63) is 72.9 Å². The molecule has 2 aromatic carbocycles. The quantitative estimate of drug-likeness (QED) is 0.399. The van der Waals surface area contributed by atoms with E-state index in [1.54, 1.807) is 18.5 Å². The molecule has 9 heteroatoms. The van der Waals surface area contributed by atoms with Gasteiger partial charge >= 0.3 is 5.97 Å². The molecule has 1 N–H and O–H groups in total. The Labute approximate surface area is 194 Å². The Kier molecular flexibility index (Phi) is 4.87. The molecular formula is C25H21N7O2. The van der Waals surface area contributed by atoms with E-state index in [0.29, 0.717) is 11.5 Å². The van der Waals surface area contributed by atoms with Crippen LogP contribution in [0.3, 0.4) is 0 Å². The number of nitrogens with zero attached hydrogens (tertiary/aromatic N) is 6. The van der Waals surface area contributed by atoms with Crippen LogP contribution in [0.15, 0.2) is 67.4 Å². The average molecular weight is 451 g/mol. The highest BCUT2D eigenvalue weighted by Crippen LogP contribution is 2.36. The average Bonchev–Trinajstić information content (AvgIpc) is 3.29. The number of carbonyl (C=O) groups excluding carboxylic acids is 1. The van der Waals surface area contributed by atoms with E-state index >= 15 is 0 Å². The predicted molar refractivity (Wildman–Crippen MR) is 127 cm³/mol. The van der Waals surface area contributed by atoms with Crippen LogP contribution in [0.1, 0.15) is 29.2 Å². The molecule has 0 atom stereocenters. The number of hydrogen-bond acceptors (Lipinski definition) is 8. The number of rotatable bonds is 5. The van der Waals surface area contributed by atoms with Crippen molar-refractivity contribution in [1.82, 2.24) is 29.5 Å². The summed E-state index contributed by atoms with van der Waals surface area (Å²) < 4.78 is 6.89. The third kappa shape index (κ3) is 3.51. The lowest BCUT2D eigenvalue weighted by molar-refractivity contribution is 0.0600. The van der Waals surface area contributed by atoms with E-state index in [0.717, 1.165) is 46.2 Å². The van der Waals surface area contributed by atoms with Crippen molar-refractivity contribution in [2.75, 3.05) is 12.4 Å². The summed E-state index contributed by atoms with van der Waals surface area (Å²) in [4.78, 5) is 34.3. The second kappa shape index (κ2) is 8.18. The van der Waals surface area contributed by atoms with Crippen LogP contribution in [0.25, 0.3) is 33.3 Å². The lowest BCUT2D eigenvalue weighted by Gasteiger charge is -2.36. The van der Waals surface area contributed by atoms with Crippen LogP contribution in [-0.4, -0.2) is 48.6 Å². The first kappa shape index (κ1) is 20.2. The molecule has 168 valence electrons. The van der Waals surface area contributed by atoms with E-state index in [-0.39, 0.29) is 18.1 Å². The van der Waals surface area contributed by atoms with Crippen LogP contribution in [0.4, 0.5) is 5.95 Å². The number of hydrogen-bond donors (Lipinski definition) is 1. The molecule has 1 aliphatic rings. The van der Waals surface area contributed by atoms with Crippen LogP contribution in [0.2, 0.25) is 0 Å². The van der Waals surface area contributed by atoms with Crippen molar-refractivity contribution in [2.24, 2.45) is 0 Å². The standard InChI is InChI=1S/C25H21N7O2/c1-34-24(33)16-8-6-15(7-9-16)21-22-23(28-13-27-21)32(14-29-22)19-10-18(11-19)30-25-26-12-17-4-2-3-5-20(17)31-25/h2-9,12-14,18-19H,10-11H2,1H3,(H,26,30,31). The Bertz CT molecular complexity index is 1510. The summed E-state index contributed by atoms with van der Waals surface area (Å²) in [7, 11) is 1.37. The Morgan fingerprint density at radius 1 is 1.03 bits per heavy atom. The maximum absolute atomic E-state index is 11.7. The zero-order chi connectivity index (χ0) is 23.1. The van der Waals surface area contributed by atoms with Gasteiger partial charge in [-0.15, -0.1) is 0 Å². The van der Waals surface area contributed by atoms with Crippen molar-refractivity contribution in [2.45, 2.75) is 24.9 Å². The molecule has 0 aliphatic heterocycles. The first-order chi connectivity index (χ1) is 16.7. The summed E-state index contributed by atoms with van der Waals surface area (Å²) in [5.74, 6) is 0.281. The Morgan fingerprint density at radius 2 is 1.85 bits per heavy atom. The zero-order valence-corrected chi connectivity index (χ0v) is 18.4. The van der Waals surface area contributed by atoms with Gasteiger partial charge in [0.1, 0.15) is 17.5 Å². The fourth-order valence-corrected chi connectivity index (χ4v) is 4.37. The van der Waals surface area contributed by atoms with Gasteiger partial charge in [-0.2, -0.15) is 0 Å². The number of imidazole rings is 1. The fourth-order valence-electron chi connectivity index (χ4n) is 4.37. The minimum absolute atomic E-state index is 0.285. The first-order valence-corrected chi connectivity index (χ1v) is 11.0. The maximum atomic E-state index is 11.7. The number of ether oxygens (including phenoxy) is 1. The Hall–Kier alpha value is -4.40. The molecule has 3 aromatic heterocycles. The number of esters is 1. The molecule has 34 heavy (non-hydrogen) atoms. The van der Waals surface area contributed by atoms with E-state index in [4.69, 9.17) is 4.74 Å². The van der Waals surface area contributed by atoms with Crippen molar-refractivity contribution in [3.63, 3.8) is 0 Å². The van der Waals surface area contributed by atoms with Gasteiger partial charge in [0.25, 0.3) is 0 Å². The number of para-hydroxylation sites is 1. The van der Waals surface area contributed by atoms with Gasteiger partial charge in [0.2, 0.25) is 5.95 Å². The van der Waals surface area contributed by atoms with Crippen LogP contribution >= 0.6 is 0 Å². The molecule has 0 spiro atoms. The minimum atomic E-state index is -0.370. The van der Waals surface area contributed by atoms with Gasteiger partial charge in [-0.1, -0.05) is 30.3 Å². The molecule has 1 saturated carbocycles. The van der Waals surface area contributed by atoms with Gasteiger partial charge in [-0.25, -0.2) is 29.7 Å². The van der Waals surface area contributed by atoms with Gasteiger partial charge in [0.05, 0.1) is 24.5 Å². The number of anilines is 1. The van der Waals surface area contributed by atoms with Gasteiger partial charge < -0.3 is 14.6 Å². The second-order valence-corrected chi connectivity index (χ2v) is 8.33. The number of benzene rings is 2. The predicted octanol–water partition coefficient (Wildman–Crippen LogP) is 4.04. The summed E-state index contributed by atoms with van der Waals surface area (Å²) >= 11 is 0. The summed E-state index contributed by atoms with van der Waals surface area (Å²) in [5, 5.41) is 4.47. The van der Waals surface area contributed by atoms with Crippen molar-refractivity contribution >= 4 is 34.0 Å². The van der Waals surface area contributed by atoms with E-state index in [2.05, 4.69) is 34.8 Å². The maximum Gasteiger partial charge on any atom is 0.337 e. The summed E-state index contributed by atoms with van der Waals surface area (Å²) in [6.45, 7) is 0. The van der Waals surface area contributed by atoms with Gasteiger partial charge in [0, 0.05) is 29.2 Å². The SMILES string of the molecule is COC(=O)c1ccc(-c2ncnc3c2ncn3C2CC(Nc3ncc4ccccc4n3)C2)cc1. The van der Waals surface area contributed by atoms with E-state index in [1.807, 2.05) is 48.9 Å². The van der Waals surface area contributed by atoms with Crippen LogP contribution < -0.4 is 5.32 Å². The third-order valence-electron chi connectivity index (χ3n) is 6.27. The molecule has 5 aromatic rings. The largest absolute Gasteiger partial charge is 0.465 e. The van der Waals surface area contributed by atoms with E-state index in [9.17, 15) is 4.79 Å². The van der Waals surface area contributed by atoms with Gasteiger partial charge in [-0.3, -0.25) is 0 Å². The second-order valence-electron chi connectivity index (χ2n) is 8.33. The molecular weight excluding hydrogens is 430 g/mol. The molecule has 0 amide bonds. The summed E-state index contributed by atoms with van der Waals surface area (Å²) in [5.41, 5.74) is 4.56. The summed E-state index contributed by atoms with van der Waals surface area (Å²) in [6, 6.07) is 15.7. The minimum Gasteiger partial charge on any atom is -0.465 e. The van der Waals surface area contributed by atoms with Crippen LogP contribution in [0, 0.1) is 0 Å². The van der Waals surface area contributed by atoms with Gasteiger partial charge in [0.15, 0.2) is 5.65 Å². The van der Waals surface area contributed by atoms with Crippen LogP contribution in [0.5, 0.6) is 0 Å². The third-order valence-corrected chi connectivity index (χ3v) is 6.27. The molecule has 9 nitrogen and oxygen atoms in total. The molecule has 0 saturated heterocycles. The topological polar surface area (TPSA) is 108 Å². The summed E-state index contributed by atoms with van der Waals surface area (Å²) in [6.07, 6.45) is 7.09. The molecule has 0 bridgehead atoms. The number of methoxy groups -OCH3 is 1. The molecule has 6 rings (SSSR count). The highest BCUT2D eigenvalue weighted by atomic mass is 16.5. The number of aromatic nitrogens is 6. The zero-order valence-electron chi connectivity index (χ0n) is 18.4. The highest BCUT2D eigenvalue weighted by Gasteiger charge is 2.32. The number of fused-ring (bicyclic) bond motifs is 2. The fraction of sp³-hybridized carbons (Fsp3) is 0.200. The van der Waals surface area contributed by atoms with Crippen molar-refractivity contribution in [3.8, 4) is 11.3 Å². The monoisotopic (exact) mass is 451 g/mol. The van der Waals surface area contributed by atoms with E-state index in [1.165, 1.54) is 7.11 Å².